The Balaban J connectivity index is 1.97. The number of nitrogens with two attached hydrogens (primary N) is 1. The molecule has 3 aromatic rings. The van der Waals surface area contributed by atoms with Crippen LogP contribution in [0.5, 0.6) is 5.75 Å². The van der Waals surface area contributed by atoms with Crippen molar-refractivity contribution in [3.63, 3.8) is 0 Å². The summed E-state index contributed by atoms with van der Waals surface area (Å²) in [4.78, 5) is 27.8. The summed E-state index contributed by atoms with van der Waals surface area (Å²) in [6.45, 7) is 0.200. The summed E-state index contributed by atoms with van der Waals surface area (Å²) in [7, 11) is 2.38. The molecule has 3 aromatic carbocycles. The number of allylic oxidation sites excluding steroid dienone is 1. The fraction of sp³-hybridized carbons (Fsp3) is 0.138. The van der Waals surface area contributed by atoms with Crippen molar-refractivity contribution in [2.45, 2.75) is 12.5 Å². The number of benzene rings is 3. The highest BCUT2D eigenvalue weighted by Gasteiger charge is 2.43. The van der Waals surface area contributed by atoms with Crippen LogP contribution in [0, 0.1) is 11.3 Å². The zero-order valence-corrected chi connectivity index (χ0v) is 21.4. The lowest BCUT2D eigenvalue weighted by atomic mass is 9.81. The van der Waals surface area contributed by atoms with Crippen LogP contribution in [0.2, 0.25) is 5.02 Å². The quantitative estimate of drug-likeness (QED) is 0.433. The Morgan fingerprint density at radius 2 is 1.61 bits per heavy atom. The van der Waals surface area contributed by atoms with Crippen LogP contribution in [-0.4, -0.2) is 26.2 Å². The van der Waals surface area contributed by atoms with E-state index in [1.807, 2.05) is 30.3 Å². The second-order valence-corrected chi connectivity index (χ2v) is 8.66. The van der Waals surface area contributed by atoms with Crippen LogP contribution in [0.3, 0.4) is 0 Å². The highest BCUT2D eigenvalue weighted by molar-refractivity contribution is 6.31. The van der Waals surface area contributed by atoms with E-state index < -0.39 is 17.9 Å². The van der Waals surface area contributed by atoms with Gasteiger partial charge in [0, 0.05) is 5.02 Å². The van der Waals surface area contributed by atoms with E-state index in [0.29, 0.717) is 16.3 Å². The minimum atomic E-state index is -0.980. The van der Waals surface area contributed by atoms with Crippen molar-refractivity contribution >= 4 is 29.2 Å². The molecule has 0 saturated heterocycles. The Bertz CT molecular complexity index is 1460. The second kappa shape index (κ2) is 11.5. The molecule has 1 aliphatic heterocycles. The maximum absolute atomic E-state index is 13.3. The third-order valence-electron chi connectivity index (χ3n) is 6.01. The molecular weight excluding hydrogens is 506 g/mol. The molecule has 1 heterocycles. The van der Waals surface area contributed by atoms with Gasteiger partial charge in [-0.25, -0.2) is 9.59 Å². The lowest BCUT2D eigenvalue weighted by Gasteiger charge is -2.36. The molecule has 0 radical (unpaired) electrons. The molecule has 0 spiro atoms. The van der Waals surface area contributed by atoms with Gasteiger partial charge in [-0.2, -0.15) is 5.26 Å². The van der Waals surface area contributed by atoms with Crippen molar-refractivity contribution in [3.05, 3.63) is 118 Å². The monoisotopic (exact) mass is 529 g/mol. The number of methoxy groups -OCH3 is 2. The van der Waals surface area contributed by atoms with Gasteiger partial charge >= 0.3 is 11.9 Å². The van der Waals surface area contributed by atoms with E-state index in [9.17, 15) is 14.9 Å². The molecule has 38 heavy (non-hydrogen) atoms. The molecule has 1 atom stereocenters. The molecule has 0 saturated carbocycles. The molecule has 1 aliphatic rings. The smallest absolute Gasteiger partial charge is 0.355 e. The van der Waals surface area contributed by atoms with Crippen LogP contribution in [0.4, 0.5) is 5.69 Å². The molecule has 192 valence electrons. The normalized spacial score (nSPS) is 15.1. The van der Waals surface area contributed by atoms with Gasteiger partial charge in [0.1, 0.15) is 23.9 Å². The topological polar surface area (TPSA) is 115 Å². The largest absolute Gasteiger partial charge is 0.487 e. The van der Waals surface area contributed by atoms with Crippen molar-refractivity contribution in [1.82, 2.24) is 0 Å². The molecule has 4 rings (SSSR count). The van der Waals surface area contributed by atoms with Crippen LogP contribution in [0.1, 0.15) is 17.0 Å². The average molecular weight is 530 g/mol. The Hall–Kier alpha value is -4.74. The number of nitriles is 1. The standard InChI is InChI=1S/C29H24ClN3O5/c1-36-28(34)25-24(19-11-7-4-8-12-19)21(16-31)27(32)33(26(25)29(35)37-2)22-15-20(30)13-14-23(22)38-17-18-9-5-3-6-10-18/h3-15,24H,17,32H2,1-2H3. The van der Waals surface area contributed by atoms with Crippen LogP contribution in [0.25, 0.3) is 0 Å². The van der Waals surface area contributed by atoms with Crippen LogP contribution < -0.4 is 15.4 Å². The van der Waals surface area contributed by atoms with E-state index in [2.05, 4.69) is 6.07 Å². The van der Waals surface area contributed by atoms with Gasteiger partial charge in [0.05, 0.1) is 43.0 Å². The lowest BCUT2D eigenvalue weighted by molar-refractivity contribution is -0.139. The minimum Gasteiger partial charge on any atom is -0.487 e. The number of ether oxygens (including phenoxy) is 3. The fourth-order valence-corrected chi connectivity index (χ4v) is 4.45. The van der Waals surface area contributed by atoms with Gasteiger partial charge in [0.2, 0.25) is 0 Å². The molecule has 1 unspecified atom stereocenters. The number of hydrogen-bond donors (Lipinski definition) is 1. The SMILES string of the molecule is COC(=O)C1=C(C(=O)OC)N(c2cc(Cl)ccc2OCc2ccccc2)C(N)=C(C#N)C1c1ccccc1. The summed E-state index contributed by atoms with van der Waals surface area (Å²) < 4.78 is 16.3. The third kappa shape index (κ3) is 5.05. The number of carbonyl (C=O) groups is 2. The molecular formula is C29H24ClN3O5. The fourth-order valence-electron chi connectivity index (χ4n) is 4.29. The van der Waals surface area contributed by atoms with E-state index >= 15 is 0 Å². The minimum absolute atomic E-state index is 0.0400. The highest BCUT2D eigenvalue weighted by Crippen LogP contribution is 2.45. The van der Waals surface area contributed by atoms with E-state index in [4.69, 9.17) is 31.5 Å². The molecule has 0 amide bonds. The molecule has 0 aliphatic carbocycles. The Kier molecular flexibility index (Phi) is 8.00. The van der Waals surface area contributed by atoms with E-state index in [0.717, 1.165) is 5.56 Å². The first-order chi connectivity index (χ1) is 18.4. The number of esters is 2. The van der Waals surface area contributed by atoms with Crippen LogP contribution >= 0.6 is 11.6 Å². The number of hydrogen-bond acceptors (Lipinski definition) is 8. The first kappa shape index (κ1) is 26.3. The van der Waals surface area contributed by atoms with Crippen LogP contribution in [0.15, 0.2) is 102 Å². The second-order valence-electron chi connectivity index (χ2n) is 8.22. The molecule has 8 nitrogen and oxygen atoms in total. The summed E-state index contributed by atoms with van der Waals surface area (Å²) in [5.41, 5.74) is 8.03. The van der Waals surface area contributed by atoms with Gasteiger partial charge in [0.25, 0.3) is 0 Å². The van der Waals surface area contributed by atoms with Crippen molar-refractivity contribution in [2.24, 2.45) is 5.73 Å². The number of nitrogens with zero attached hydrogens (tertiary/aromatic N) is 2. The molecule has 2 N–H and O–H groups in total. The third-order valence-corrected chi connectivity index (χ3v) is 6.24. The maximum Gasteiger partial charge on any atom is 0.355 e. The van der Waals surface area contributed by atoms with Gasteiger partial charge in [0.15, 0.2) is 0 Å². The average Bonchev–Trinajstić information content (AvgIpc) is 2.96. The summed E-state index contributed by atoms with van der Waals surface area (Å²) in [5.74, 6) is -2.44. The first-order valence-corrected chi connectivity index (χ1v) is 11.9. The summed E-state index contributed by atoms with van der Waals surface area (Å²) in [5, 5.41) is 10.5. The van der Waals surface area contributed by atoms with Gasteiger partial charge < -0.3 is 19.9 Å². The van der Waals surface area contributed by atoms with E-state index in [1.165, 1.54) is 25.2 Å². The zero-order valence-electron chi connectivity index (χ0n) is 20.7. The van der Waals surface area contributed by atoms with Crippen molar-refractivity contribution in [1.29, 1.82) is 5.26 Å². The van der Waals surface area contributed by atoms with Gasteiger partial charge in [-0.05, 0) is 29.3 Å². The molecule has 0 aromatic heterocycles. The van der Waals surface area contributed by atoms with E-state index in [-0.39, 0.29) is 35.0 Å². The van der Waals surface area contributed by atoms with Crippen molar-refractivity contribution < 1.29 is 23.8 Å². The first-order valence-electron chi connectivity index (χ1n) is 11.5. The Labute approximate surface area is 225 Å². The number of anilines is 1. The predicted octanol–water partition coefficient (Wildman–Crippen LogP) is 4.82. The molecule has 9 heteroatoms. The van der Waals surface area contributed by atoms with E-state index in [1.54, 1.807) is 42.5 Å². The van der Waals surface area contributed by atoms with Crippen LogP contribution in [-0.2, 0) is 25.7 Å². The number of rotatable bonds is 7. The van der Waals surface area contributed by atoms with Gasteiger partial charge in [-0.15, -0.1) is 0 Å². The zero-order chi connectivity index (χ0) is 27.2. The summed E-state index contributed by atoms with van der Waals surface area (Å²) in [6.07, 6.45) is 0. The summed E-state index contributed by atoms with van der Waals surface area (Å²) in [6, 6.07) is 25.1. The lowest BCUT2D eigenvalue weighted by Crippen LogP contribution is -2.41. The van der Waals surface area contributed by atoms with Crippen molar-refractivity contribution in [2.75, 3.05) is 19.1 Å². The molecule has 0 bridgehead atoms. The number of carbonyl (C=O) groups excluding carboxylic acids is 2. The van der Waals surface area contributed by atoms with Crippen molar-refractivity contribution in [3.8, 4) is 11.8 Å². The number of halogens is 1. The van der Waals surface area contributed by atoms with Gasteiger partial charge in [-0.3, -0.25) is 4.90 Å². The maximum atomic E-state index is 13.3. The predicted molar refractivity (Wildman–Crippen MR) is 142 cm³/mol. The summed E-state index contributed by atoms with van der Waals surface area (Å²) >= 11 is 6.36. The Morgan fingerprint density at radius 3 is 2.21 bits per heavy atom. The molecule has 0 fully saturated rings. The van der Waals surface area contributed by atoms with Gasteiger partial charge in [-0.1, -0.05) is 72.3 Å². The Morgan fingerprint density at radius 1 is 0.974 bits per heavy atom. The highest BCUT2D eigenvalue weighted by atomic mass is 35.5.